The van der Waals surface area contributed by atoms with Crippen molar-refractivity contribution in [1.29, 1.82) is 0 Å². The van der Waals surface area contributed by atoms with Gasteiger partial charge in [0.15, 0.2) is 0 Å². The van der Waals surface area contributed by atoms with E-state index in [0.29, 0.717) is 19.5 Å². The van der Waals surface area contributed by atoms with Gasteiger partial charge in [0, 0.05) is 19.5 Å². The van der Waals surface area contributed by atoms with Gasteiger partial charge in [0.1, 0.15) is 6.54 Å². The number of nitrogens with two attached hydrogens (primary N) is 1. The van der Waals surface area contributed by atoms with Gasteiger partial charge < -0.3 is 21.1 Å². The van der Waals surface area contributed by atoms with Gasteiger partial charge >= 0.3 is 12.0 Å². The van der Waals surface area contributed by atoms with Crippen LogP contribution in [0.3, 0.4) is 0 Å². The molecule has 3 amide bonds. The zero-order chi connectivity index (χ0) is 15.7. The number of rotatable bonds is 9. The summed E-state index contributed by atoms with van der Waals surface area (Å²) in [6.45, 7) is 6.45. The van der Waals surface area contributed by atoms with Crippen molar-refractivity contribution in [2.45, 2.75) is 33.6 Å². The van der Waals surface area contributed by atoms with Crippen molar-refractivity contribution in [1.82, 2.24) is 10.2 Å². The zero-order valence-corrected chi connectivity index (χ0v) is 12.4. The summed E-state index contributed by atoms with van der Waals surface area (Å²) in [4.78, 5) is 34.7. The molecular weight excluding hydrogens is 262 g/mol. The predicted molar refractivity (Wildman–Crippen MR) is 75.0 cm³/mol. The van der Waals surface area contributed by atoms with Crippen molar-refractivity contribution in [2.24, 2.45) is 17.6 Å². The third kappa shape index (κ3) is 9.18. The fourth-order valence-electron chi connectivity index (χ4n) is 1.69. The summed E-state index contributed by atoms with van der Waals surface area (Å²) in [7, 11) is 0. The number of aliphatic carboxylic acids is 1. The van der Waals surface area contributed by atoms with Gasteiger partial charge in [-0.05, 0) is 18.3 Å². The highest BCUT2D eigenvalue weighted by molar-refractivity contribution is 5.82. The number of nitrogens with zero attached hydrogens (tertiary/aromatic N) is 1. The van der Waals surface area contributed by atoms with Crippen LogP contribution in [0.1, 0.15) is 33.6 Å². The lowest BCUT2D eigenvalue weighted by atomic mass is 10.1. The molecule has 0 aliphatic carbocycles. The molecule has 0 aromatic carbocycles. The number of carbonyl (C=O) groups excluding carboxylic acids is 2. The maximum Gasteiger partial charge on any atom is 0.317 e. The summed E-state index contributed by atoms with van der Waals surface area (Å²) in [6, 6.07) is -0.348. The fourth-order valence-corrected chi connectivity index (χ4v) is 1.69. The Morgan fingerprint density at radius 2 is 1.85 bits per heavy atom. The van der Waals surface area contributed by atoms with E-state index in [2.05, 4.69) is 5.32 Å². The molecule has 7 heteroatoms. The van der Waals surface area contributed by atoms with E-state index in [4.69, 9.17) is 10.8 Å². The largest absolute Gasteiger partial charge is 0.481 e. The molecule has 7 nitrogen and oxygen atoms in total. The van der Waals surface area contributed by atoms with Crippen LogP contribution in [-0.4, -0.2) is 47.5 Å². The van der Waals surface area contributed by atoms with Crippen LogP contribution < -0.4 is 11.1 Å². The lowest BCUT2D eigenvalue weighted by molar-refractivity contribution is -0.137. The SMILES string of the molecule is CC(C)CN(CC(N)=O)C(=O)NCC(C)CCC(=O)O. The number of primary amides is 1. The molecule has 0 aliphatic rings. The van der Waals surface area contributed by atoms with Gasteiger partial charge in [-0.1, -0.05) is 20.8 Å². The third-order valence-electron chi connectivity index (χ3n) is 2.67. The van der Waals surface area contributed by atoms with Crippen LogP contribution in [0.5, 0.6) is 0 Å². The minimum absolute atomic E-state index is 0.0597. The van der Waals surface area contributed by atoms with Crippen molar-refractivity contribution in [3.63, 3.8) is 0 Å². The topological polar surface area (TPSA) is 113 Å². The molecule has 20 heavy (non-hydrogen) atoms. The van der Waals surface area contributed by atoms with Gasteiger partial charge in [-0.15, -0.1) is 0 Å². The summed E-state index contributed by atoms with van der Waals surface area (Å²) in [5, 5.41) is 11.3. The van der Waals surface area contributed by atoms with Gasteiger partial charge in [0.2, 0.25) is 5.91 Å². The summed E-state index contributed by atoms with van der Waals surface area (Å²) in [6.07, 6.45) is 0.573. The normalized spacial score (nSPS) is 12.0. The van der Waals surface area contributed by atoms with E-state index in [1.165, 1.54) is 4.90 Å². The van der Waals surface area contributed by atoms with Crippen LogP contribution in [-0.2, 0) is 9.59 Å². The number of hydrogen-bond donors (Lipinski definition) is 3. The van der Waals surface area contributed by atoms with E-state index in [0.717, 1.165) is 0 Å². The van der Waals surface area contributed by atoms with Gasteiger partial charge in [-0.3, -0.25) is 9.59 Å². The predicted octanol–water partition coefficient (Wildman–Crippen LogP) is 0.640. The summed E-state index contributed by atoms with van der Waals surface area (Å²) < 4.78 is 0. The second kappa shape index (κ2) is 9.17. The lowest BCUT2D eigenvalue weighted by Gasteiger charge is -2.24. The highest BCUT2D eigenvalue weighted by atomic mass is 16.4. The Hall–Kier alpha value is -1.79. The van der Waals surface area contributed by atoms with E-state index in [1.807, 2.05) is 20.8 Å². The van der Waals surface area contributed by atoms with Crippen LogP contribution in [0.2, 0.25) is 0 Å². The van der Waals surface area contributed by atoms with Crippen molar-refractivity contribution < 1.29 is 19.5 Å². The molecule has 0 spiro atoms. The maximum absolute atomic E-state index is 11.9. The molecule has 0 saturated carbocycles. The monoisotopic (exact) mass is 287 g/mol. The fraction of sp³-hybridized carbons (Fsp3) is 0.769. The standard InChI is InChI=1S/C13H25N3O4/c1-9(2)7-16(8-11(14)17)13(20)15-6-10(3)4-5-12(18)19/h9-10H,4-8H2,1-3H3,(H2,14,17)(H,15,20)(H,18,19). The van der Waals surface area contributed by atoms with Gasteiger partial charge in [-0.2, -0.15) is 0 Å². The molecule has 4 N–H and O–H groups in total. The molecule has 0 rings (SSSR count). The average molecular weight is 287 g/mol. The highest BCUT2D eigenvalue weighted by Crippen LogP contribution is 2.05. The minimum Gasteiger partial charge on any atom is -0.481 e. The molecule has 1 unspecified atom stereocenters. The van der Waals surface area contributed by atoms with E-state index in [-0.39, 0.29) is 30.8 Å². The molecule has 0 heterocycles. The molecule has 0 radical (unpaired) electrons. The molecule has 116 valence electrons. The Kier molecular flexibility index (Phi) is 8.35. The average Bonchev–Trinajstić information content (AvgIpc) is 2.31. The molecule has 0 saturated heterocycles. The summed E-state index contributed by atoms with van der Waals surface area (Å²) in [5.74, 6) is -1.12. The Morgan fingerprint density at radius 3 is 2.30 bits per heavy atom. The molecule has 0 aliphatic heterocycles. The van der Waals surface area contributed by atoms with Crippen molar-refractivity contribution in [2.75, 3.05) is 19.6 Å². The van der Waals surface area contributed by atoms with Crippen LogP contribution in [0.15, 0.2) is 0 Å². The number of carbonyl (C=O) groups is 3. The number of urea groups is 1. The van der Waals surface area contributed by atoms with Gasteiger partial charge in [-0.25, -0.2) is 4.79 Å². The Labute approximate surface area is 119 Å². The quantitative estimate of drug-likeness (QED) is 0.577. The second-order valence-corrected chi connectivity index (χ2v) is 5.46. The van der Waals surface area contributed by atoms with Gasteiger partial charge in [0.25, 0.3) is 0 Å². The maximum atomic E-state index is 11.9. The van der Waals surface area contributed by atoms with Gasteiger partial charge in [0.05, 0.1) is 0 Å². The minimum atomic E-state index is -0.849. The van der Waals surface area contributed by atoms with Crippen molar-refractivity contribution in [3.8, 4) is 0 Å². The smallest absolute Gasteiger partial charge is 0.317 e. The zero-order valence-electron chi connectivity index (χ0n) is 12.4. The van der Waals surface area contributed by atoms with E-state index in [1.54, 1.807) is 0 Å². The van der Waals surface area contributed by atoms with E-state index >= 15 is 0 Å². The second-order valence-electron chi connectivity index (χ2n) is 5.46. The van der Waals surface area contributed by atoms with E-state index < -0.39 is 11.9 Å². The van der Waals surface area contributed by atoms with Crippen LogP contribution >= 0.6 is 0 Å². The highest BCUT2D eigenvalue weighted by Gasteiger charge is 2.17. The first-order valence-corrected chi connectivity index (χ1v) is 6.75. The molecular formula is C13H25N3O4. The number of carboxylic acid groups (broad SMARTS) is 1. The molecule has 0 fully saturated rings. The first-order chi connectivity index (χ1) is 9.22. The van der Waals surface area contributed by atoms with Crippen LogP contribution in [0, 0.1) is 11.8 Å². The molecule has 1 atom stereocenters. The molecule has 0 aromatic heterocycles. The summed E-state index contributed by atoms with van der Waals surface area (Å²) in [5.41, 5.74) is 5.12. The van der Waals surface area contributed by atoms with E-state index in [9.17, 15) is 14.4 Å². The Bertz CT molecular complexity index is 345. The Balaban J connectivity index is 4.23. The first-order valence-electron chi connectivity index (χ1n) is 6.75. The van der Waals surface area contributed by atoms with Crippen molar-refractivity contribution >= 4 is 17.9 Å². The number of carboxylic acids is 1. The van der Waals surface area contributed by atoms with Crippen LogP contribution in [0.4, 0.5) is 4.79 Å². The van der Waals surface area contributed by atoms with Crippen LogP contribution in [0.25, 0.3) is 0 Å². The summed E-state index contributed by atoms with van der Waals surface area (Å²) >= 11 is 0. The molecule has 0 bridgehead atoms. The third-order valence-corrected chi connectivity index (χ3v) is 2.67. The van der Waals surface area contributed by atoms with Crippen molar-refractivity contribution in [3.05, 3.63) is 0 Å². The number of nitrogens with one attached hydrogen (secondary N) is 1. The lowest BCUT2D eigenvalue weighted by Crippen LogP contribution is -2.46. The number of hydrogen-bond acceptors (Lipinski definition) is 3. The molecule has 0 aromatic rings. The Morgan fingerprint density at radius 1 is 1.25 bits per heavy atom. The first kappa shape index (κ1) is 18.2. The number of amides is 3.